The van der Waals surface area contributed by atoms with E-state index in [1.807, 2.05) is 0 Å². The molecule has 1 atom stereocenters. The molecule has 132 valence electrons. The summed E-state index contributed by atoms with van der Waals surface area (Å²) in [6.45, 7) is 6.18. The largest absolute Gasteiger partial charge is 0.379 e. The van der Waals surface area contributed by atoms with Crippen molar-refractivity contribution in [3.05, 3.63) is 21.9 Å². The van der Waals surface area contributed by atoms with Crippen LogP contribution in [-0.4, -0.2) is 45.5 Å². The van der Waals surface area contributed by atoms with Crippen LogP contribution in [0.2, 0.25) is 0 Å². The molecule has 0 amide bonds. The van der Waals surface area contributed by atoms with Crippen molar-refractivity contribution in [1.29, 1.82) is 0 Å². The average Bonchev–Trinajstić information content (AvgIpc) is 3.17. The van der Waals surface area contributed by atoms with Gasteiger partial charge in [0.1, 0.15) is 0 Å². The Hall–Kier alpha value is -0.380. The fraction of sp³-hybridized carbons (Fsp3) is 0.688. The van der Waals surface area contributed by atoms with Crippen LogP contribution in [0.1, 0.15) is 29.7 Å². The summed E-state index contributed by atoms with van der Waals surface area (Å²) < 4.78 is 11.2. The molecule has 1 fully saturated rings. The lowest BCUT2D eigenvalue weighted by atomic mass is 10.2. The zero-order valence-electron chi connectivity index (χ0n) is 14.0. The molecule has 1 aromatic rings. The van der Waals surface area contributed by atoms with Gasteiger partial charge in [0, 0.05) is 31.7 Å². The maximum Gasteiger partial charge on any atom is 0.191 e. The molecule has 1 aliphatic heterocycles. The predicted molar refractivity (Wildman–Crippen MR) is 107 cm³/mol. The van der Waals surface area contributed by atoms with E-state index in [0.29, 0.717) is 6.10 Å². The Balaban J connectivity index is 0.00000264. The van der Waals surface area contributed by atoms with Gasteiger partial charge in [0.15, 0.2) is 5.96 Å². The molecule has 0 aromatic carbocycles. The number of hydrogen-bond donors (Lipinski definition) is 2. The first-order chi connectivity index (χ1) is 10.8. The fourth-order valence-electron chi connectivity index (χ4n) is 2.34. The Kier molecular flexibility index (Phi) is 10.8. The molecule has 2 N–H and O–H groups in total. The van der Waals surface area contributed by atoms with E-state index in [1.165, 1.54) is 16.9 Å². The predicted octanol–water partition coefficient (Wildman–Crippen LogP) is 2.93. The first-order valence-electron chi connectivity index (χ1n) is 7.96. The maximum atomic E-state index is 5.64. The molecule has 0 radical (unpaired) electrons. The first-order valence-corrected chi connectivity index (χ1v) is 8.84. The summed E-state index contributed by atoms with van der Waals surface area (Å²) in [5.74, 6) is 0.840. The van der Waals surface area contributed by atoms with E-state index in [2.05, 4.69) is 34.0 Å². The molecule has 2 rings (SSSR count). The fourth-order valence-corrected chi connectivity index (χ4v) is 3.19. The SMILES string of the molecule is CN=C(NCCCOCC1CCCO1)NCc1sccc1C.I. The number of aryl methyl sites for hydroxylation is 1. The van der Waals surface area contributed by atoms with Gasteiger partial charge in [-0.2, -0.15) is 0 Å². The topological polar surface area (TPSA) is 54.9 Å². The minimum absolute atomic E-state index is 0. The van der Waals surface area contributed by atoms with E-state index >= 15 is 0 Å². The van der Waals surface area contributed by atoms with Crippen LogP contribution >= 0.6 is 35.3 Å². The van der Waals surface area contributed by atoms with Crippen molar-refractivity contribution in [1.82, 2.24) is 10.6 Å². The molecular formula is C16H28IN3O2S. The van der Waals surface area contributed by atoms with E-state index in [-0.39, 0.29) is 24.0 Å². The van der Waals surface area contributed by atoms with Crippen molar-refractivity contribution in [3.8, 4) is 0 Å². The smallest absolute Gasteiger partial charge is 0.191 e. The van der Waals surface area contributed by atoms with Gasteiger partial charge in [-0.3, -0.25) is 4.99 Å². The summed E-state index contributed by atoms with van der Waals surface area (Å²) >= 11 is 1.77. The van der Waals surface area contributed by atoms with Gasteiger partial charge in [-0.1, -0.05) is 0 Å². The van der Waals surface area contributed by atoms with Crippen LogP contribution in [-0.2, 0) is 16.0 Å². The lowest BCUT2D eigenvalue weighted by molar-refractivity contribution is 0.0168. The number of thiophene rings is 1. The number of ether oxygens (including phenoxy) is 2. The molecule has 1 saturated heterocycles. The van der Waals surface area contributed by atoms with Gasteiger partial charge in [0.25, 0.3) is 0 Å². The summed E-state index contributed by atoms with van der Waals surface area (Å²) in [7, 11) is 1.80. The molecule has 23 heavy (non-hydrogen) atoms. The molecule has 0 bridgehead atoms. The van der Waals surface area contributed by atoms with Crippen molar-refractivity contribution < 1.29 is 9.47 Å². The lowest BCUT2D eigenvalue weighted by Crippen LogP contribution is -2.37. The van der Waals surface area contributed by atoms with Crippen molar-refractivity contribution in [2.45, 2.75) is 38.8 Å². The van der Waals surface area contributed by atoms with Gasteiger partial charge in [0.2, 0.25) is 0 Å². The lowest BCUT2D eigenvalue weighted by Gasteiger charge is -2.13. The second kappa shape index (κ2) is 12.0. The van der Waals surface area contributed by atoms with E-state index in [9.17, 15) is 0 Å². The number of rotatable bonds is 8. The number of halogens is 1. The molecular weight excluding hydrogens is 425 g/mol. The zero-order chi connectivity index (χ0) is 15.6. The highest BCUT2D eigenvalue weighted by Gasteiger charge is 2.14. The average molecular weight is 453 g/mol. The van der Waals surface area contributed by atoms with E-state index < -0.39 is 0 Å². The Morgan fingerprint density at radius 1 is 1.48 bits per heavy atom. The normalized spacial score (nSPS) is 17.8. The highest BCUT2D eigenvalue weighted by molar-refractivity contribution is 14.0. The first kappa shape index (κ1) is 20.7. The van der Waals surface area contributed by atoms with Crippen LogP contribution in [0.5, 0.6) is 0 Å². The van der Waals surface area contributed by atoms with Crippen LogP contribution in [0.15, 0.2) is 16.4 Å². The Labute approximate surface area is 160 Å². The van der Waals surface area contributed by atoms with Gasteiger partial charge in [0.05, 0.1) is 19.3 Å². The third-order valence-electron chi connectivity index (χ3n) is 3.69. The molecule has 0 spiro atoms. The van der Waals surface area contributed by atoms with Crippen LogP contribution in [0.3, 0.4) is 0 Å². The van der Waals surface area contributed by atoms with Gasteiger partial charge in [-0.25, -0.2) is 0 Å². The third kappa shape index (κ3) is 7.82. The van der Waals surface area contributed by atoms with Crippen molar-refractivity contribution in [2.75, 3.05) is 33.4 Å². The van der Waals surface area contributed by atoms with Gasteiger partial charge in [-0.05, 0) is 43.2 Å². The molecule has 7 heteroatoms. The van der Waals surface area contributed by atoms with Crippen LogP contribution in [0, 0.1) is 6.92 Å². The standard InChI is InChI=1S/C16H27N3O2S.HI/c1-13-6-10-22-15(13)11-19-16(17-2)18-7-4-8-20-12-14-5-3-9-21-14;/h6,10,14H,3-5,7-9,11-12H2,1-2H3,(H2,17,18,19);1H. The summed E-state index contributed by atoms with van der Waals surface area (Å²) in [5.41, 5.74) is 1.33. The monoisotopic (exact) mass is 453 g/mol. The molecule has 1 unspecified atom stereocenters. The third-order valence-corrected chi connectivity index (χ3v) is 4.72. The number of nitrogens with zero attached hydrogens (tertiary/aromatic N) is 1. The highest BCUT2D eigenvalue weighted by Crippen LogP contribution is 2.14. The van der Waals surface area contributed by atoms with E-state index in [1.54, 1.807) is 18.4 Å². The maximum absolute atomic E-state index is 5.64. The van der Waals surface area contributed by atoms with Gasteiger partial charge in [-0.15, -0.1) is 35.3 Å². The Morgan fingerprint density at radius 2 is 2.35 bits per heavy atom. The molecule has 0 saturated carbocycles. The number of nitrogens with one attached hydrogen (secondary N) is 2. The van der Waals surface area contributed by atoms with E-state index in [4.69, 9.17) is 9.47 Å². The number of hydrogen-bond acceptors (Lipinski definition) is 4. The Bertz CT molecular complexity index is 462. The second-order valence-corrected chi connectivity index (χ2v) is 6.44. The number of guanidine groups is 1. The minimum atomic E-state index is 0. The molecule has 2 heterocycles. The quantitative estimate of drug-likeness (QED) is 0.275. The summed E-state index contributed by atoms with van der Waals surface area (Å²) in [6, 6.07) is 2.14. The zero-order valence-corrected chi connectivity index (χ0v) is 17.1. The van der Waals surface area contributed by atoms with Gasteiger partial charge < -0.3 is 20.1 Å². The van der Waals surface area contributed by atoms with E-state index in [0.717, 1.165) is 51.7 Å². The summed E-state index contributed by atoms with van der Waals surface area (Å²) in [5, 5.41) is 8.77. The number of aliphatic imine (C=N–C) groups is 1. The highest BCUT2D eigenvalue weighted by atomic mass is 127. The van der Waals surface area contributed by atoms with Crippen molar-refractivity contribution >= 4 is 41.3 Å². The minimum Gasteiger partial charge on any atom is -0.379 e. The van der Waals surface area contributed by atoms with Crippen molar-refractivity contribution in [3.63, 3.8) is 0 Å². The molecule has 5 nitrogen and oxygen atoms in total. The van der Waals surface area contributed by atoms with Crippen LogP contribution in [0.25, 0.3) is 0 Å². The molecule has 1 aliphatic rings. The van der Waals surface area contributed by atoms with Crippen LogP contribution < -0.4 is 10.6 Å². The molecule has 0 aliphatic carbocycles. The summed E-state index contributed by atoms with van der Waals surface area (Å²) in [6.07, 6.45) is 3.58. The van der Waals surface area contributed by atoms with Crippen molar-refractivity contribution in [2.24, 2.45) is 4.99 Å². The second-order valence-electron chi connectivity index (χ2n) is 5.44. The Morgan fingerprint density at radius 3 is 3.00 bits per heavy atom. The van der Waals surface area contributed by atoms with Crippen LogP contribution in [0.4, 0.5) is 0 Å². The summed E-state index contributed by atoms with van der Waals surface area (Å²) in [4.78, 5) is 5.59. The molecule has 1 aromatic heterocycles. The van der Waals surface area contributed by atoms with Gasteiger partial charge >= 0.3 is 0 Å².